The molecule has 1 fully saturated rings. The molecule has 0 saturated carbocycles. The molecule has 24 heavy (non-hydrogen) atoms. The van der Waals surface area contributed by atoms with Crippen molar-refractivity contribution in [1.29, 1.82) is 0 Å². The van der Waals surface area contributed by atoms with Gasteiger partial charge in [0.2, 0.25) is 0 Å². The quantitative estimate of drug-likeness (QED) is 0.851. The highest BCUT2D eigenvalue weighted by atomic mass is 19.4. The molecule has 0 bridgehead atoms. The minimum absolute atomic E-state index is 0.154. The van der Waals surface area contributed by atoms with Gasteiger partial charge in [-0.2, -0.15) is 13.2 Å². The third-order valence-corrected chi connectivity index (χ3v) is 4.72. The van der Waals surface area contributed by atoms with Crippen LogP contribution in [0.1, 0.15) is 48.7 Å². The number of rotatable bonds is 4. The molecule has 0 N–H and O–H groups in total. The van der Waals surface area contributed by atoms with E-state index in [2.05, 4.69) is 22.0 Å². The molecule has 1 aliphatic heterocycles. The lowest BCUT2D eigenvalue weighted by atomic mass is 9.98. The number of alkyl halides is 3. The van der Waals surface area contributed by atoms with Gasteiger partial charge >= 0.3 is 6.18 Å². The maximum Gasteiger partial charge on any atom is 0.416 e. The third kappa shape index (κ3) is 3.45. The Balaban J connectivity index is 1.70. The van der Waals surface area contributed by atoms with Crippen LogP contribution in [0.5, 0.6) is 0 Å². The minimum atomic E-state index is -4.28. The van der Waals surface area contributed by atoms with Crippen molar-refractivity contribution in [2.75, 3.05) is 13.1 Å². The Morgan fingerprint density at radius 3 is 2.54 bits per heavy atom. The number of aryl methyl sites for hydroxylation is 1. The molecule has 3 rings (SSSR count). The zero-order valence-corrected chi connectivity index (χ0v) is 13.8. The summed E-state index contributed by atoms with van der Waals surface area (Å²) >= 11 is 0. The maximum absolute atomic E-state index is 12.7. The molecular formula is C17H21F3N4. The molecule has 0 aliphatic carbocycles. The van der Waals surface area contributed by atoms with E-state index in [4.69, 9.17) is 0 Å². The normalized spacial score (nSPS) is 20.5. The van der Waals surface area contributed by atoms with Crippen LogP contribution in [0.25, 0.3) is 0 Å². The number of benzene rings is 1. The molecule has 0 amide bonds. The van der Waals surface area contributed by atoms with Gasteiger partial charge in [-0.3, -0.25) is 4.90 Å². The van der Waals surface area contributed by atoms with Crippen LogP contribution in [-0.4, -0.2) is 32.8 Å². The highest BCUT2D eigenvalue weighted by Gasteiger charge is 2.32. The largest absolute Gasteiger partial charge is 0.416 e. The van der Waals surface area contributed by atoms with E-state index in [9.17, 15) is 13.2 Å². The number of halogens is 3. The van der Waals surface area contributed by atoms with Gasteiger partial charge in [0.1, 0.15) is 12.2 Å². The van der Waals surface area contributed by atoms with E-state index >= 15 is 0 Å². The summed E-state index contributed by atoms with van der Waals surface area (Å²) in [6.45, 7) is 3.82. The van der Waals surface area contributed by atoms with E-state index in [-0.39, 0.29) is 12.0 Å². The molecule has 0 spiro atoms. The first kappa shape index (κ1) is 17.0. The van der Waals surface area contributed by atoms with E-state index in [0.717, 1.165) is 49.5 Å². The molecular weight excluding hydrogens is 317 g/mol. The summed E-state index contributed by atoms with van der Waals surface area (Å²) < 4.78 is 39.9. The van der Waals surface area contributed by atoms with E-state index in [1.54, 1.807) is 18.5 Å². The molecule has 1 aromatic carbocycles. The van der Waals surface area contributed by atoms with Crippen LogP contribution in [0.3, 0.4) is 0 Å². The number of nitrogens with zero attached hydrogens (tertiary/aromatic N) is 4. The Morgan fingerprint density at radius 2 is 1.96 bits per heavy atom. The van der Waals surface area contributed by atoms with Gasteiger partial charge in [0, 0.05) is 13.6 Å². The molecule has 2 aromatic rings. The number of likely N-dealkylation sites (tertiary alicyclic amines) is 1. The molecule has 0 unspecified atom stereocenters. The molecule has 1 saturated heterocycles. The second-order valence-electron chi connectivity index (χ2n) is 6.47. The Kier molecular flexibility index (Phi) is 4.62. The standard InChI is InChI=1S/C17H21F3N4/c1-12(13-5-7-14(8-6-13)17(18,19)20)10-24-9-3-4-15(24)16-22-21-11-23(16)2/h5-8,11-12,15H,3-4,9-10H2,1-2H3/t12-,15+/m0/s1. The first-order chi connectivity index (χ1) is 11.4. The molecule has 2 atom stereocenters. The Hall–Kier alpha value is -1.89. The van der Waals surface area contributed by atoms with Crippen LogP contribution < -0.4 is 0 Å². The molecule has 0 radical (unpaired) electrons. The van der Waals surface area contributed by atoms with Gasteiger partial charge in [-0.15, -0.1) is 10.2 Å². The van der Waals surface area contributed by atoms with E-state index in [1.165, 1.54) is 0 Å². The van der Waals surface area contributed by atoms with E-state index in [1.807, 2.05) is 11.6 Å². The fraction of sp³-hybridized carbons (Fsp3) is 0.529. The Labute approximate surface area is 139 Å². The first-order valence-electron chi connectivity index (χ1n) is 8.11. The molecule has 7 heteroatoms. The maximum atomic E-state index is 12.7. The van der Waals surface area contributed by atoms with Crippen LogP contribution in [0, 0.1) is 0 Å². The smallest absolute Gasteiger partial charge is 0.319 e. The van der Waals surface area contributed by atoms with Gasteiger partial charge in [0.15, 0.2) is 0 Å². The van der Waals surface area contributed by atoms with Gasteiger partial charge in [-0.1, -0.05) is 19.1 Å². The van der Waals surface area contributed by atoms with E-state index < -0.39 is 11.7 Å². The molecule has 1 aromatic heterocycles. The lowest BCUT2D eigenvalue weighted by Gasteiger charge is -2.27. The second kappa shape index (κ2) is 6.55. The first-order valence-corrected chi connectivity index (χ1v) is 8.11. The highest BCUT2D eigenvalue weighted by molar-refractivity contribution is 5.27. The number of hydrogen-bond acceptors (Lipinski definition) is 3. The van der Waals surface area contributed by atoms with Crippen LogP contribution in [-0.2, 0) is 13.2 Å². The monoisotopic (exact) mass is 338 g/mol. The van der Waals surface area contributed by atoms with Gasteiger partial charge in [0.05, 0.1) is 11.6 Å². The number of hydrogen-bond donors (Lipinski definition) is 0. The summed E-state index contributed by atoms with van der Waals surface area (Å²) in [7, 11) is 1.94. The zero-order chi connectivity index (χ0) is 17.3. The summed E-state index contributed by atoms with van der Waals surface area (Å²) in [5.41, 5.74) is 0.322. The summed E-state index contributed by atoms with van der Waals surface area (Å²) in [5.74, 6) is 1.10. The molecule has 1 aliphatic rings. The van der Waals surface area contributed by atoms with Crippen molar-refractivity contribution in [2.24, 2.45) is 7.05 Å². The summed E-state index contributed by atoms with van der Waals surface area (Å²) in [5, 5.41) is 8.16. The average molecular weight is 338 g/mol. The Bertz CT molecular complexity index is 678. The van der Waals surface area contributed by atoms with Crippen molar-refractivity contribution in [3.8, 4) is 0 Å². The van der Waals surface area contributed by atoms with Gasteiger partial charge in [0.25, 0.3) is 0 Å². The van der Waals surface area contributed by atoms with Crippen LogP contribution >= 0.6 is 0 Å². The lowest BCUT2D eigenvalue weighted by Crippen LogP contribution is -2.29. The molecule has 2 heterocycles. The van der Waals surface area contributed by atoms with Crippen molar-refractivity contribution < 1.29 is 13.2 Å². The summed E-state index contributed by atoms with van der Waals surface area (Å²) in [4.78, 5) is 2.35. The lowest BCUT2D eigenvalue weighted by molar-refractivity contribution is -0.137. The van der Waals surface area contributed by atoms with Gasteiger partial charge in [-0.25, -0.2) is 0 Å². The number of aromatic nitrogens is 3. The van der Waals surface area contributed by atoms with Crippen LogP contribution in [0.4, 0.5) is 13.2 Å². The fourth-order valence-electron chi connectivity index (χ4n) is 3.39. The van der Waals surface area contributed by atoms with Crippen molar-refractivity contribution in [3.05, 3.63) is 47.5 Å². The molecule has 130 valence electrons. The van der Waals surface area contributed by atoms with Crippen molar-refractivity contribution in [3.63, 3.8) is 0 Å². The van der Waals surface area contributed by atoms with Crippen molar-refractivity contribution in [2.45, 2.75) is 37.9 Å². The SMILES string of the molecule is C[C@@H](CN1CCC[C@@H]1c1nncn1C)c1ccc(C(F)(F)F)cc1. The van der Waals surface area contributed by atoms with Crippen molar-refractivity contribution in [1.82, 2.24) is 19.7 Å². The summed E-state index contributed by atoms with van der Waals surface area (Å²) in [6.07, 6.45) is -0.457. The fourth-order valence-corrected chi connectivity index (χ4v) is 3.39. The van der Waals surface area contributed by atoms with Crippen molar-refractivity contribution >= 4 is 0 Å². The predicted octanol–water partition coefficient (Wildman–Crippen LogP) is 3.77. The van der Waals surface area contributed by atoms with Gasteiger partial charge < -0.3 is 4.57 Å². The van der Waals surface area contributed by atoms with Gasteiger partial charge in [-0.05, 0) is 43.0 Å². The average Bonchev–Trinajstić information content (AvgIpc) is 3.15. The molecule has 4 nitrogen and oxygen atoms in total. The van der Waals surface area contributed by atoms with E-state index in [0.29, 0.717) is 0 Å². The minimum Gasteiger partial charge on any atom is -0.319 e. The highest BCUT2D eigenvalue weighted by Crippen LogP contribution is 2.34. The zero-order valence-electron chi connectivity index (χ0n) is 13.8. The third-order valence-electron chi connectivity index (χ3n) is 4.72. The topological polar surface area (TPSA) is 34.0 Å². The predicted molar refractivity (Wildman–Crippen MR) is 84.4 cm³/mol. The Morgan fingerprint density at radius 1 is 1.25 bits per heavy atom. The second-order valence-corrected chi connectivity index (χ2v) is 6.47. The summed E-state index contributed by atoms with van der Waals surface area (Å²) in [6, 6.07) is 5.72. The van der Waals surface area contributed by atoms with Crippen LogP contribution in [0.2, 0.25) is 0 Å². The van der Waals surface area contributed by atoms with Crippen LogP contribution in [0.15, 0.2) is 30.6 Å².